The molecule has 2 unspecified atom stereocenters. The molecule has 2 aromatic rings. The van der Waals surface area contributed by atoms with Crippen LogP contribution < -0.4 is 24.3 Å². The van der Waals surface area contributed by atoms with Gasteiger partial charge in [0.05, 0.1) is 38.4 Å². The summed E-state index contributed by atoms with van der Waals surface area (Å²) in [5.41, 5.74) is -1.21. The molecule has 0 radical (unpaired) electrons. The lowest BCUT2D eigenvalue weighted by Gasteiger charge is -2.42. The van der Waals surface area contributed by atoms with E-state index >= 15 is 0 Å². The first-order valence-corrected chi connectivity index (χ1v) is 17.4. The van der Waals surface area contributed by atoms with Crippen molar-refractivity contribution >= 4 is 5.91 Å². The van der Waals surface area contributed by atoms with E-state index in [1.165, 1.54) is 6.92 Å². The molecule has 278 valence electrons. The van der Waals surface area contributed by atoms with Crippen LogP contribution in [0.4, 0.5) is 0 Å². The number of rotatable bonds is 23. The second-order valence-electron chi connectivity index (χ2n) is 14.0. The Bertz CT molecular complexity index is 1420. The second kappa shape index (κ2) is 19.2. The highest BCUT2D eigenvalue weighted by atomic mass is 17.0. The van der Waals surface area contributed by atoms with Gasteiger partial charge >= 0.3 is 0 Å². The summed E-state index contributed by atoms with van der Waals surface area (Å²) >= 11 is 0. The fourth-order valence-electron chi connectivity index (χ4n) is 6.75. The predicted molar refractivity (Wildman–Crippen MR) is 193 cm³/mol. The number of para-hydroxylation sites is 1. The van der Waals surface area contributed by atoms with Gasteiger partial charge in [0, 0.05) is 13.5 Å². The minimum Gasteiger partial charge on any atom is -0.493 e. The third-order valence-corrected chi connectivity index (χ3v) is 9.12. The number of likely N-dealkylation sites (N-methyl/N-ethyl adjacent to an activating group) is 1. The summed E-state index contributed by atoms with van der Waals surface area (Å²) in [5.74, 6) is 1.82. The van der Waals surface area contributed by atoms with Crippen LogP contribution >= 0.6 is 0 Å². The number of amides is 1. The van der Waals surface area contributed by atoms with Crippen molar-refractivity contribution in [1.82, 2.24) is 10.2 Å². The molecule has 0 saturated heterocycles. The fourth-order valence-corrected chi connectivity index (χ4v) is 6.75. The van der Waals surface area contributed by atoms with Gasteiger partial charge in [-0.15, -0.1) is 10.1 Å². The molecule has 1 N–H and O–H groups in total. The van der Waals surface area contributed by atoms with Gasteiger partial charge in [-0.2, -0.15) is 5.26 Å². The molecule has 0 aliphatic heterocycles. The number of carbonyl (C=O) groups excluding carboxylic acids is 1. The van der Waals surface area contributed by atoms with Crippen molar-refractivity contribution < 1.29 is 33.7 Å². The van der Waals surface area contributed by atoms with E-state index in [-0.39, 0.29) is 5.91 Å². The first-order valence-electron chi connectivity index (χ1n) is 17.4. The molecule has 0 fully saturated rings. The number of methoxy groups -OCH3 is 3. The Balaban J connectivity index is 2.22. The van der Waals surface area contributed by atoms with Crippen LogP contribution in [0.2, 0.25) is 0 Å². The predicted octanol–water partition coefficient (Wildman–Crippen LogP) is 7.05. The summed E-state index contributed by atoms with van der Waals surface area (Å²) in [6.07, 6.45) is 5.96. The van der Waals surface area contributed by atoms with Crippen molar-refractivity contribution in [1.29, 1.82) is 5.26 Å². The molecular formula is C38H58N4O8. The molecule has 2 rings (SSSR count). The van der Waals surface area contributed by atoms with E-state index in [4.69, 9.17) is 23.8 Å². The molecule has 0 aliphatic carbocycles. The molecule has 0 heterocycles. The molecule has 2 atom stereocenters. The van der Waals surface area contributed by atoms with Crippen LogP contribution in [-0.2, 0) is 21.5 Å². The van der Waals surface area contributed by atoms with Gasteiger partial charge in [-0.1, -0.05) is 50.8 Å². The van der Waals surface area contributed by atoms with Gasteiger partial charge < -0.3 is 34.0 Å². The van der Waals surface area contributed by atoms with E-state index in [1.807, 2.05) is 36.4 Å². The molecule has 0 aromatic heterocycles. The van der Waals surface area contributed by atoms with Gasteiger partial charge in [0.15, 0.2) is 17.6 Å². The zero-order valence-electron chi connectivity index (χ0n) is 31.7. The van der Waals surface area contributed by atoms with Crippen molar-refractivity contribution in [3.05, 3.63) is 57.6 Å². The second-order valence-corrected chi connectivity index (χ2v) is 14.0. The maximum absolute atomic E-state index is 11.9. The zero-order valence-corrected chi connectivity index (χ0v) is 31.7. The molecule has 0 aliphatic rings. The third-order valence-electron chi connectivity index (χ3n) is 9.12. The molecule has 12 heteroatoms. The molecule has 0 spiro atoms. The van der Waals surface area contributed by atoms with E-state index in [0.29, 0.717) is 42.4 Å². The van der Waals surface area contributed by atoms with Gasteiger partial charge in [0.1, 0.15) is 11.4 Å². The lowest BCUT2D eigenvalue weighted by Crippen LogP contribution is -2.62. The number of nitrogens with zero attached hydrogens (tertiary/aromatic N) is 3. The minimum atomic E-state index is -1.19. The largest absolute Gasteiger partial charge is 0.493 e. The van der Waals surface area contributed by atoms with Crippen molar-refractivity contribution in [2.45, 2.75) is 116 Å². The van der Waals surface area contributed by atoms with Gasteiger partial charge in [-0.25, -0.2) is 0 Å². The van der Waals surface area contributed by atoms with Gasteiger partial charge in [-0.05, 0) is 96.3 Å². The van der Waals surface area contributed by atoms with Crippen molar-refractivity contribution in [3.8, 4) is 29.1 Å². The number of ether oxygens (including phenoxy) is 4. The normalized spacial score (nSPS) is 13.5. The Morgan fingerprint density at radius 2 is 1.58 bits per heavy atom. The number of nitrogens with one attached hydrogen (secondary N) is 1. The topological polar surface area (TPSA) is 145 Å². The number of benzene rings is 2. The van der Waals surface area contributed by atoms with Crippen molar-refractivity contribution in [3.63, 3.8) is 0 Å². The standard InChI is InChI=1S/C38H58N4O8/c1-11-12-13-16-21-38(27-39,30-25-32(46-8)34(48-10)33(26-30)47-9)22-17-23-41(7)24-20-29-18-14-15-19-31(29)49-37(5,6)35(50-42(44)45)36(3,4)40-28(2)43/h14-15,18-19,25-26,35H,11-13,16-17,20-24H2,1-10H3,(H,40,43). The quantitative estimate of drug-likeness (QED) is 0.0728. The smallest absolute Gasteiger partial charge is 0.295 e. The summed E-state index contributed by atoms with van der Waals surface area (Å²) in [4.78, 5) is 30.7. The average Bonchev–Trinajstić information content (AvgIpc) is 3.06. The number of hydrogen-bond acceptors (Lipinski definition) is 10. The van der Waals surface area contributed by atoms with Gasteiger partial charge in [0.2, 0.25) is 11.7 Å². The lowest BCUT2D eigenvalue weighted by molar-refractivity contribution is -0.774. The molecule has 50 heavy (non-hydrogen) atoms. The van der Waals surface area contributed by atoms with Gasteiger partial charge in [-0.3, -0.25) is 4.79 Å². The van der Waals surface area contributed by atoms with Crippen LogP contribution in [0.3, 0.4) is 0 Å². The van der Waals surface area contributed by atoms with Crippen LogP contribution in [0, 0.1) is 21.4 Å². The maximum Gasteiger partial charge on any atom is 0.295 e. The van der Waals surface area contributed by atoms with Crippen LogP contribution in [0.1, 0.15) is 97.6 Å². The fraction of sp³-hybridized carbons (Fsp3) is 0.632. The highest BCUT2D eigenvalue weighted by molar-refractivity contribution is 5.73. The first kappa shape index (κ1) is 41.9. The van der Waals surface area contributed by atoms with E-state index in [2.05, 4.69) is 30.3 Å². The van der Waals surface area contributed by atoms with E-state index < -0.39 is 27.7 Å². The highest BCUT2D eigenvalue weighted by Gasteiger charge is 2.46. The molecule has 1 amide bonds. The highest BCUT2D eigenvalue weighted by Crippen LogP contribution is 2.44. The SMILES string of the molecule is CCCCCCC(C#N)(CCCN(C)CCc1ccccc1OC(C)(C)C(O[N+](=O)[O-])C(C)(C)NC(C)=O)c1cc(OC)c(OC)c(OC)c1. The molecule has 2 aromatic carbocycles. The van der Waals surface area contributed by atoms with Crippen LogP contribution in [0.25, 0.3) is 0 Å². The summed E-state index contributed by atoms with van der Waals surface area (Å²) in [7, 11) is 6.79. The Labute approximate surface area is 298 Å². The number of carbonyl (C=O) groups is 1. The average molecular weight is 699 g/mol. The van der Waals surface area contributed by atoms with E-state index in [0.717, 1.165) is 56.2 Å². The van der Waals surface area contributed by atoms with Crippen molar-refractivity contribution in [2.75, 3.05) is 41.5 Å². The summed E-state index contributed by atoms with van der Waals surface area (Å²) < 4.78 is 23.2. The Morgan fingerprint density at radius 3 is 2.12 bits per heavy atom. The van der Waals surface area contributed by atoms with E-state index in [1.54, 1.807) is 49.0 Å². The number of nitriles is 1. The molecule has 12 nitrogen and oxygen atoms in total. The molecule has 0 bridgehead atoms. The Morgan fingerprint density at radius 1 is 0.960 bits per heavy atom. The summed E-state index contributed by atoms with van der Waals surface area (Å²) in [6, 6.07) is 14.1. The van der Waals surface area contributed by atoms with Crippen LogP contribution in [-0.4, -0.2) is 74.6 Å². The minimum absolute atomic E-state index is 0.335. The maximum atomic E-state index is 11.9. The monoisotopic (exact) mass is 698 g/mol. The zero-order chi connectivity index (χ0) is 37.5. The third kappa shape index (κ3) is 11.7. The first-order chi connectivity index (χ1) is 23.6. The lowest BCUT2D eigenvalue weighted by atomic mass is 9.73. The summed E-state index contributed by atoms with van der Waals surface area (Å²) in [5, 5.41) is 24.1. The van der Waals surface area contributed by atoms with Crippen LogP contribution in [0.5, 0.6) is 23.0 Å². The Hall–Kier alpha value is -4.24. The van der Waals surface area contributed by atoms with E-state index in [9.17, 15) is 20.2 Å². The van der Waals surface area contributed by atoms with Gasteiger partial charge in [0.25, 0.3) is 5.09 Å². The molecule has 0 saturated carbocycles. The van der Waals surface area contributed by atoms with Crippen LogP contribution in [0.15, 0.2) is 36.4 Å². The molecular weight excluding hydrogens is 640 g/mol. The Kier molecular flexibility index (Phi) is 16.1. The summed E-state index contributed by atoms with van der Waals surface area (Å²) in [6.45, 7) is 11.8. The van der Waals surface area contributed by atoms with Crippen molar-refractivity contribution in [2.24, 2.45) is 0 Å². The number of unbranched alkanes of at least 4 members (excludes halogenated alkanes) is 3. The number of hydrogen-bond donors (Lipinski definition) is 1.